The largest absolute Gasteiger partial charge is 0.445 e. The van der Waals surface area contributed by atoms with Gasteiger partial charge in [-0.05, 0) is 48.6 Å². The second kappa shape index (κ2) is 13.2. The molecule has 0 bridgehead atoms. The van der Waals surface area contributed by atoms with Gasteiger partial charge in [-0.15, -0.1) is 0 Å². The monoisotopic (exact) mass is 616 g/mol. The molecule has 2 aliphatic rings. The third-order valence-corrected chi connectivity index (χ3v) is 7.68. The number of benzene rings is 2. The smallest absolute Gasteiger partial charge is 0.407 e. The minimum atomic E-state index is -1.09. The van der Waals surface area contributed by atoms with Crippen molar-refractivity contribution in [1.29, 1.82) is 0 Å². The summed E-state index contributed by atoms with van der Waals surface area (Å²) in [5.74, 6) is -3.11. The van der Waals surface area contributed by atoms with Crippen LogP contribution in [0.25, 0.3) is 0 Å². The van der Waals surface area contributed by atoms with E-state index in [1.165, 1.54) is 60.4 Å². The van der Waals surface area contributed by atoms with E-state index in [0.29, 0.717) is 11.1 Å². The van der Waals surface area contributed by atoms with Gasteiger partial charge >= 0.3 is 12.1 Å². The third kappa shape index (κ3) is 6.45. The highest BCUT2D eigenvalue weighted by Gasteiger charge is 2.62. The second-order valence-electron chi connectivity index (χ2n) is 10.1. The maximum atomic E-state index is 13.1. The lowest BCUT2D eigenvalue weighted by molar-refractivity contribution is -0.385. The van der Waals surface area contributed by atoms with E-state index in [9.17, 15) is 44.8 Å². The van der Waals surface area contributed by atoms with E-state index in [2.05, 4.69) is 22.4 Å². The van der Waals surface area contributed by atoms with Gasteiger partial charge in [-0.2, -0.15) is 0 Å². The number of non-ortho nitro benzene ring substituents is 2. The van der Waals surface area contributed by atoms with E-state index in [1.54, 1.807) is 0 Å². The molecule has 2 unspecified atom stereocenters. The number of ether oxygens (including phenoxy) is 1. The topological polar surface area (TPSA) is 212 Å². The molecule has 4 rings (SSSR count). The summed E-state index contributed by atoms with van der Waals surface area (Å²) in [4.78, 5) is 61.1. The van der Waals surface area contributed by atoms with Gasteiger partial charge in [-0.25, -0.2) is 9.59 Å². The summed E-state index contributed by atoms with van der Waals surface area (Å²) in [5, 5.41) is 44.9. The number of amides is 2. The molecule has 16 heteroatoms. The van der Waals surface area contributed by atoms with Crippen LogP contribution >= 0.6 is 12.9 Å². The molecule has 0 radical (unpaired) electrons. The minimum absolute atomic E-state index is 0.101. The van der Waals surface area contributed by atoms with Crippen LogP contribution in [0.4, 0.5) is 16.2 Å². The van der Waals surface area contributed by atoms with Crippen LogP contribution in [-0.2, 0) is 31.5 Å². The number of nitrogens with zero attached hydrogens (tertiary/aromatic N) is 3. The summed E-state index contributed by atoms with van der Waals surface area (Å²) in [5.41, 5.74) is 0.846. The lowest BCUT2D eigenvalue weighted by Gasteiger charge is -2.47. The van der Waals surface area contributed by atoms with Gasteiger partial charge < -0.3 is 29.3 Å². The Morgan fingerprint density at radius 3 is 2.09 bits per heavy atom. The maximum absolute atomic E-state index is 13.1. The molecule has 3 N–H and O–H groups in total. The first-order valence-electron chi connectivity index (χ1n) is 13.1. The molecular formula is C27H28N4O11S. The highest BCUT2D eigenvalue weighted by molar-refractivity contribution is 7.75. The predicted octanol–water partition coefficient (Wildman–Crippen LogP) is 2.20. The molecule has 2 amide bonds. The van der Waals surface area contributed by atoms with Crippen molar-refractivity contribution >= 4 is 42.3 Å². The van der Waals surface area contributed by atoms with Crippen molar-refractivity contribution in [2.75, 3.05) is 6.61 Å². The zero-order valence-electron chi connectivity index (χ0n) is 22.7. The number of aliphatic hydroxyl groups excluding tert-OH is 2. The van der Waals surface area contributed by atoms with E-state index < -0.39 is 64.4 Å². The number of hydrogen-bond donors (Lipinski definition) is 4. The van der Waals surface area contributed by atoms with E-state index in [1.807, 2.05) is 0 Å². The lowest BCUT2D eigenvalue weighted by Crippen LogP contribution is -2.64. The van der Waals surface area contributed by atoms with Gasteiger partial charge in [-0.3, -0.25) is 25.0 Å². The Bertz CT molecular complexity index is 1450. The molecule has 2 heterocycles. The molecule has 1 fully saturated rings. The minimum Gasteiger partial charge on any atom is -0.445 e. The van der Waals surface area contributed by atoms with Gasteiger partial charge in [0.1, 0.15) is 12.3 Å². The molecule has 43 heavy (non-hydrogen) atoms. The van der Waals surface area contributed by atoms with Crippen LogP contribution in [0.5, 0.6) is 0 Å². The summed E-state index contributed by atoms with van der Waals surface area (Å²) in [6.07, 6.45) is -1.98. The summed E-state index contributed by atoms with van der Waals surface area (Å²) in [6.45, 7) is 0.753. The number of rotatable bonds is 12. The third-order valence-electron chi connectivity index (χ3n) is 7.52. The standard InChI is InChI=1S/C27H28N4O11S/c1-14(33)21-23-19(12-15-2-6-17(7-3-15)30(37)38)22(24(26(35)42-43)29(23)25(21)34)20(10-11-32)28-27(36)41-13-16-4-8-18(9-5-16)31(39)40/h2-9,14,19-21,23,32-33,43H,10-13H2,1H3,(H,28,36)/t14-,19?,20?,21-,23-/m1/s1. The Balaban J connectivity index is 1.66. The van der Waals surface area contributed by atoms with E-state index in [-0.39, 0.29) is 42.1 Å². The van der Waals surface area contributed by atoms with Crippen molar-refractivity contribution in [3.05, 3.63) is 91.2 Å². The maximum Gasteiger partial charge on any atom is 0.407 e. The Morgan fingerprint density at radius 2 is 1.60 bits per heavy atom. The molecule has 2 aliphatic heterocycles. The van der Waals surface area contributed by atoms with Crippen molar-refractivity contribution in [2.24, 2.45) is 11.8 Å². The van der Waals surface area contributed by atoms with Crippen molar-refractivity contribution in [1.82, 2.24) is 10.2 Å². The van der Waals surface area contributed by atoms with E-state index >= 15 is 0 Å². The molecule has 15 nitrogen and oxygen atoms in total. The molecule has 0 aromatic heterocycles. The summed E-state index contributed by atoms with van der Waals surface area (Å²) < 4.78 is 9.96. The highest BCUT2D eigenvalue weighted by Crippen LogP contribution is 2.50. The lowest BCUT2D eigenvalue weighted by atomic mass is 9.73. The SMILES string of the molecule is C[C@@H](O)[C@H]1C(=O)N2C(C(=O)OS)=C(C(CCO)NC(=O)OCc3ccc([N+](=O)[O-])cc3)C(Cc3ccc([N+](=O)[O-])cc3)[C@H]12. The fraction of sp³-hybridized carbons (Fsp3) is 0.370. The fourth-order valence-corrected chi connectivity index (χ4v) is 5.70. The van der Waals surface area contributed by atoms with Gasteiger partial charge in [0.2, 0.25) is 5.91 Å². The first-order valence-corrected chi connectivity index (χ1v) is 13.5. The number of carbonyl (C=O) groups excluding carboxylic acids is 3. The molecule has 0 saturated carbocycles. The number of alkyl carbamates (subject to hydrolysis) is 1. The van der Waals surface area contributed by atoms with E-state index in [0.717, 1.165) is 0 Å². The zero-order chi connectivity index (χ0) is 31.4. The average molecular weight is 617 g/mol. The van der Waals surface area contributed by atoms with Gasteiger partial charge in [-0.1, -0.05) is 12.1 Å². The van der Waals surface area contributed by atoms with Crippen molar-refractivity contribution in [2.45, 2.75) is 44.6 Å². The quantitative estimate of drug-likeness (QED) is 0.0892. The normalized spacial score (nSPS) is 20.5. The number of thiol groups is 1. The zero-order valence-corrected chi connectivity index (χ0v) is 23.6. The van der Waals surface area contributed by atoms with Gasteiger partial charge in [0.05, 0.1) is 34.0 Å². The Hall–Kier alpha value is -4.54. The summed E-state index contributed by atoms with van der Waals surface area (Å²) in [6, 6.07) is 9.26. The van der Waals surface area contributed by atoms with Crippen LogP contribution in [0.15, 0.2) is 59.8 Å². The first kappa shape index (κ1) is 31.4. The Morgan fingerprint density at radius 1 is 1.05 bits per heavy atom. The van der Waals surface area contributed by atoms with Crippen molar-refractivity contribution in [3.63, 3.8) is 0 Å². The molecule has 0 spiro atoms. The van der Waals surface area contributed by atoms with Crippen molar-refractivity contribution in [3.8, 4) is 0 Å². The van der Waals surface area contributed by atoms with Crippen LogP contribution in [0.2, 0.25) is 0 Å². The van der Waals surface area contributed by atoms with Crippen LogP contribution in [0.3, 0.4) is 0 Å². The number of carbonyl (C=O) groups is 3. The molecule has 2 aromatic carbocycles. The highest BCUT2D eigenvalue weighted by atomic mass is 32.1. The first-order chi connectivity index (χ1) is 20.5. The number of β-lactam (4-membered cyclic amide) rings is 1. The number of nitro benzene ring substituents is 2. The Labute approximate surface area is 250 Å². The van der Waals surface area contributed by atoms with Gasteiger partial charge in [0, 0.05) is 49.7 Å². The molecule has 228 valence electrons. The molecular weight excluding hydrogens is 588 g/mol. The average Bonchev–Trinajstić information content (AvgIpc) is 3.25. The number of hydrogen-bond acceptors (Lipinski definition) is 12. The molecule has 1 saturated heterocycles. The van der Waals surface area contributed by atoms with Gasteiger partial charge in [0.25, 0.3) is 11.4 Å². The van der Waals surface area contributed by atoms with Gasteiger partial charge in [0.15, 0.2) is 0 Å². The summed E-state index contributed by atoms with van der Waals surface area (Å²) in [7, 11) is 0. The predicted molar refractivity (Wildman–Crippen MR) is 150 cm³/mol. The van der Waals surface area contributed by atoms with Crippen molar-refractivity contribution < 1.29 is 43.4 Å². The number of nitro groups is 2. The Kier molecular flexibility index (Phi) is 9.63. The fourth-order valence-electron chi connectivity index (χ4n) is 5.61. The molecule has 0 aliphatic carbocycles. The summed E-state index contributed by atoms with van der Waals surface area (Å²) >= 11 is 3.62. The number of aliphatic hydroxyl groups is 2. The second-order valence-corrected chi connectivity index (χ2v) is 10.3. The van der Waals surface area contributed by atoms with Crippen LogP contribution < -0.4 is 5.32 Å². The van der Waals surface area contributed by atoms with Crippen LogP contribution in [0, 0.1) is 32.1 Å². The molecule has 5 atom stereocenters. The van der Waals surface area contributed by atoms with E-state index in [4.69, 9.17) is 4.74 Å². The number of nitrogens with one attached hydrogen (secondary N) is 1. The number of fused-ring (bicyclic) bond motifs is 1. The van der Waals surface area contributed by atoms with Crippen LogP contribution in [-0.4, -0.2) is 67.7 Å². The van der Waals surface area contributed by atoms with Crippen LogP contribution in [0.1, 0.15) is 24.5 Å². The molecule has 2 aromatic rings.